The van der Waals surface area contributed by atoms with E-state index in [1.807, 2.05) is 32.0 Å². The Bertz CT molecular complexity index is 1550. The number of ketones is 1. The average Bonchev–Trinajstić information content (AvgIpc) is 3.43. The molecule has 36 heavy (non-hydrogen) atoms. The number of methoxy groups -OCH3 is 2. The predicted molar refractivity (Wildman–Crippen MR) is 136 cm³/mol. The van der Waals surface area contributed by atoms with Crippen molar-refractivity contribution in [2.45, 2.75) is 19.9 Å². The van der Waals surface area contributed by atoms with Crippen molar-refractivity contribution < 1.29 is 28.6 Å². The van der Waals surface area contributed by atoms with E-state index in [0.29, 0.717) is 33.7 Å². The minimum absolute atomic E-state index is 0.00812. The van der Waals surface area contributed by atoms with Crippen LogP contribution in [0.15, 0.2) is 82.5 Å². The molecule has 182 valence electrons. The van der Waals surface area contributed by atoms with Gasteiger partial charge in [0.1, 0.15) is 5.75 Å². The molecule has 1 aliphatic heterocycles. The van der Waals surface area contributed by atoms with Crippen molar-refractivity contribution in [3.8, 4) is 11.5 Å². The lowest BCUT2D eigenvalue weighted by molar-refractivity contribution is -0.117. The van der Waals surface area contributed by atoms with Crippen LogP contribution in [-0.2, 0) is 4.79 Å². The number of amides is 1. The topological polar surface area (TPSA) is 89.2 Å². The number of hydrogen-bond donors (Lipinski definition) is 1. The Morgan fingerprint density at radius 1 is 0.944 bits per heavy atom. The highest BCUT2D eigenvalue weighted by molar-refractivity contribution is 6.21. The minimum atomic E-state index is -0.933. The molecule has 1 aromatic heterocycles. The second kappa shape index (κ2) is 8.92. The Hall–Kier alpha value is -4.52. The summed E-state index contributed by atoms with van der Waals surface area (Å²) in [6, 6.07) is 18.8. The highest BCUT2D eigenvalue weighted by atomic mass is 16.5. The van der Waals surface area contributed by atoms with Crippen molar-refractivity contribution in [2.75, 3.05) is 19.1 Å². The van der Waals surface area contributed by atoms with E-state index in [0.717, 1.165) is 11.1 Å². The third-order valence-corrected chi connectivity index (χ3v) is 6.45. The van der Waals surface area contributed by atoms with E-state index < -0.39 is 23.5 Å². The number of rotatable bonds is 6. The molecular formula is C29H25NO6. The zero-order chi connectivity index (χ0) is 25.6. The number of anilines is 1. The molecule has 1 N–H and O–H groups in total. The first-order valence-corrected chi connectivity index (χ1v) is 11.4. The number of Topliss-reactive ketones (excluding diaryl/α,β-unsaturated/α-hetero) is 1. The van der Waals surface area contributed by atoms with E-state index in [-0.39, 0.29) is 11.3 Å². The van der Waals surface area contributed by atoms with Gasteiger partial charge in [-0.25, -0.2) is 0 Å². The summed E-state index contributed by atoms with van der Waals surface area (Å²) < 4.78 is 16.8. The fourth-order valence-electron chi connectivity index (χ4n) is 4.79. The van der Waals surface area contributed by atoms with E-state index in [1.54, 1.807) is 48.5 Å². The quantitative estimate of drug-likeness (QED) is 0.346. The third kappa shape index (κ3) is 3.60. The molecule has 2 heterocycles. The van der Waals surface area contributed by atoms with E-state index in [9.17, 15) is 14.7 Å². The second-order valence-electron chi connectivity index (χ2n) is 8.69. The fraction of sp³-hybridized carbons (Fsp3) is 0.172. The minimum Gasteiger partial charge on any atom is -0.503 e. The van der Waals surface area contributed by atoms with Gasteiger partial charge in [-0.1, -0.05) is 48.0 Å². The number of carbonyl (C=O) groups excluding carboxylic acids is 2. The number of aliphatic hydroxyl groups is 1. The van der Waals surface area contributed by atoms with Crippen molar-refractivity contribution in [1.82, 2.24) is 0 Å². The number of ether oxygens (including phenoxy) is 2. The Morgan fingerprint density at radius 3 is 2.39 bits per heavy atom. The second-order valence-corrected chi connectivity index (χ2v) is 8.69. The summed E-state index contributed by atoms with van der Waals surface area (Å²) in [6.45, 7) is 3.85. The molecule has 0 saturated heterocycles. The van der Waals surface area contributed by atoms with Gasteiger partial charge in [0, 0.05) is 16.6 Å². The number of furan rings is 1. The maximum Gasteiger partial charge on any atom is 0.294 e. The highest BCUT2D eigenvalue weighted by Gasteiger charge is 2.46. The van der Waals surface area contributed by atoms with Gasteiger partial charge in [0.2, 0.25) is 5.78 Å². The molecule has 0 bridgehead atoms. The molecule has 1 atom stereocenters. The summed E-state index contributed by atoms with van der Waals surface area (Å²) in [5.74, 6) is -0.937. The Morgan fingerprint density at radius 2 is 1.67 bits per heavy atom. The molecule has 7 nitrogen and oxygen atoms in total. The lowest BCUT2D eigenvalue weighted by Crippen LogP contribution is -2.32. The fourth-order valence-corrected chi connectivity index (χ4v) is 4.79. The maximum atomic E-state index is 13.9. The van der Waals surface area contributed by atoms with Crippen LogP contribution < -0.4 is 14.4 Å². The first kappa shape index (κ1) is 23.2. The van der Waals surface area contributed by atoms with Crippen molar-refractivity contribution in [2.24, 2.45) is 0 Å². The lowest BCUT2D eigenvalue weighted by Gasteiger charge is -2.29. The summed E-state index contributed by atoms with van der Waals surface area (Å²) in [5, 5.41) is 11.8. The number of fused-ring (bicyclic) bond motifs is 1. The van der Waals surface area contributed by atoms with E-state index in [2.05, 4.69) is 0 Å². The lowest BCUT2D eigenvalue weighted by atomic mass is 9.93. The molecule has 1 aliphatic rings. The zero-order valence-corrected chi connectivity index (χ0v) is 20.4. The first-order chi connectivity index (χ1) is 17.3. The number of carbonyl (C=O) groups is 2. The Kier molecular flexibility index (Phi) is 5.76. The summed E-state index contributed by atoms with van der Waals surface area (Å²) in [4.78, 5) is 28.9. The van der Waals surface area contributed by atoms with Crippen LogP contribution >= 0.6 is 0 Å². The van der Waals surface area contributed by atoms with Crippen LogP contribution in [0.4, 0.5) is 5.69 Å². The van der Waals surface area contributed by atoms with E-state index in [1.165, 1.54) is 19.1 Å². The van der Waals surface area contributed by atoms with Crippen LogP contribution in [0.25, 0.3) is 11.0 Å². The van der Waals surface area contributed by atoms with Crippen molar-refractivity contribution in [3.05, 3.63) is 101 Å². The number of aliphatic hydroxyl groups excluding tert-OH is 1. The molecule has 0 radical (unpaired) electrons. The molecule has 0 saturated carbocycles. The van der Waals surface area contributed by atoms with Gasteiger partial charge in [-0.3, -0.25) is 14.5 Å². The van der Waals surface area contributed by atoms with Gasteiger partial charge in [-0.2, -0.15) is 0 Å². The van der Waals surface area contributed by atoms with Crippen LogP contribution in [0.1, 0.15) is 33.3 Å². The number of aryl methyl sites for hydroxylation is 2. The highest BCUT2D eigenvalue weighted by Crippen LogP contribution is 2.46. The number of benzene rings is 3. The average molecular weight is 484 g/mol. The predicted octanol–water partition coefficient (Wildman–Crippen LogP) is 5.85. The van der Waals surface area contributed by atoms with Crippen LogP contribution in [0.5, 0.6) is 11.5 Å². The molecule has 5 rings (SSSR count). The SMILES string of the molecule is COc1ccccc1C1C(C(=O)c2cc3cccc(OC)c3o2)=C(O)C(=O)N1c1ccc(C)cc1C. The van der Waals surface area contributed by atoms with Crippen molar-refractivity contribution in [3.63, 3.8) is 0 Å². The molecule has 4 aromatic rings. The zero-order valence-electron chi connectivity index (χ0n) is 20.4. The molecule has 0 fully saturated rings. The summed E-state index contributed by atoms with van der Waals surface area (Å²) >= 11 is 0. The summed E-state index contributed by atoms with van der Waals surface area (Å²) in [6.07, 6.45) is 0. The van der Waals surface area contributed by atoms with Crippen molar-refractivity contribution >= 4 is 28.3 Å². The van der Waals surface area contributed by atoms with Crippen LogP contribution in [0.3, 0.4) is 0 Å². The largest absolute Gasteiger partial charge is 0.503 e. The normalized spacial score (nSPS) is 15.6. The number of nitrogens with zero attached hydrogens (tertiary/aromatic N) is 1. The van der Waals surface area contributed by atoms with Crippen LogP contribution in [0.2, 0.25) is 0 Å². The first-order valence-electron chi connectivity index (χ1n) is 11.4. The van der Waals surface area contributed by atoms with Crippen molar-refractivity contribution in [1.29, 1.82) is 0 Å². The molecule has 0 spiro atoms. The van der Waals surface area contributed by atoms with E-state index >= 15 is 0 Å². The third-order valence-electron chi connectivity index (χ3n) is 6.45. The molecule has 0 aliphatic carbocycles. The molecule has 3 aromatic carbocycles. The molecule has 1 unspecified atom stereocenters. The van der Waals surface area contributed by atoms with E-state index in [4.69, 9.17) is 13.9 Å². The van der Waals surface area contributed by atoms with Gasteiger partial charge in [0.25, 0.3) is 5.91 Å². The molecular weight excluding hydrogens is 458 g/mol. The maximum absolute atomic E-state index is 13.9. The van der Waals surface area contributed by atoms with Gasteiger partial charge >= 0.3 is 0 Å². The molecule has 1 amide bonds. The van der Waals surface area contributed by atoms with Gasteiger partial charge in [0.15, 0.2) is 22.9 Å². The molecule has 7 heteroatoms. The Labute approximate surface area is 208 Å². The summed E-state index contributed by atoms with van der Waals surface area (Å²) in [7, 11) is 3.04. The summed E-state index contributed by atoms with van der Waals surface area (Å²) in [5.41, 5.74) is 3.34. The van der Waals surface area contributed by atoms with Gasteiger partial charge in [0.05, 0.1) is 25.8 Å². The van der Waals surface area contributed by atoms with Gasteiger partial charge in [-0.15, -0.1) is 0 Å². The van der Waals surface area contributed by atoms with Crippen LogP contribution in [0, 0.1) is 13.8 Å². The standard InChI is InChI=1S/C29H25NO6/c1-16-12-13-20(17(2)14-16)30-25(19-9-5-6-10-21(19)34-3)24(27(32)29(30)33)26(31)23-15-18-8-7-11-22(35-4)28(18)36-23/h5-15,25,32H,1-4H3. The number of para-hydroxylation sites is 2. The van der Waals surface area contributed by atoms with Crippen LogP contribution in [-0.4, -0.2) is 31.0 Å². The monoisotopic (exact) mass is 483 g/mol. The van der Waals surface area contributed by atoms with Gasteiger partial charge < -0.3 is 19.0 Å². The number of hydrogen-bond acceptors (Lipinski definition) is 6. The smallest absolute Gasteiger partial charge is 0.294 e. The van der Waals surface area contributed by atoms with Gasteiger partial charge in [-0.05, 0) is 43.7 Å². The Balaban J connectivity index is 1.71.